The molecule has 35 heavy (non-hydrogen) atoms. The minimum atomic E-state index is -4.38. The van der Waals surface area contributed by atoms with Crippen LogP contribution in [0.2, 0.25) is 5.02 Å². The standard InChI is InChI=1S/C23H25ClFN3O6S/c1-11-5-7-15(25)17(12(11)2)13(3)19(21-26-27-22(29)34-21)28-35(31,32)16-8-6-14(24)18-20(16)33-10-9-23(18,4)30/h5-8,13,19,28,30H,9-10H2,1-4H3,(H,27,29)/t13-,19+,23-/m1/s1. The molecular weight excluding hydrogens is 501 g/mol. The zero-order chi connectivity index (χ0) is 25.7. The molecule has 0 spiro atoms. The van der Waals surface area contributed by atoms with E-state index < -0.39 is 39.2 Å². The highest BCUT2D eigenvalue weighted by molar-refractivity contribution is 7.89. The second kappa shape index (κ2) is 9.05. The average Bonchev–Trinajstić information content (AvgIpc) is 3.20. The van der Waals surface area contributed by atoms with Gasteiger partial charge in [0.15, 0.2) is 0 Å². The van der Waals surface area contributed by atoms with E-state index in [4.69, 9.17) is 20.8 Å². The molecule has 3 atom stereocenters. The summed E-state index contributed by atoms with van der Waals surface area (Å²) in [5, 5.41) is 16.9. The van der Waals surface area contributed by atoms with Crippen molar-refractivity contribution in [3.8, 4) is 5.75 Å². The third-order valence-corrected chi connectivity index (χ3v) is 8.20. The van der Waals surface area contributed by atoms with Gasteiger partial charge in [-0.1, -0.05) is 24.6 Å². The number of halogens is 2. The van der Waals surface area contributed by atoms with Crippen LogP contribution in [0.5, 0.6) is 5.75 Å². The Bertz CT molecular complexity index is 1450. The lowest BCUT2D eigenvalue weighted by molar-refractivity contribution is 0.0135. The molecule has 0 radical (unpaired) electrons. The van der Waals surface area contributed by atoms with Gasteiger partial charge in [-0.05, 0) is 55.7 Å². The summed E-state index contributed by atoms with van der Waals surface area (Å²) in [6.45, 7) is 6.73. The SMILES string of the molecule is Cc1ccc(F)c([C@@H](C)[C@H](NS(=O)(=O)c2ccc(Cl)c3c2OCC[C@@]3(C)O)c2n[nH]c(=O)o2)c1C. The van der Waals surface area contributed by atoms with Gasteiger partial charge >= 0.3 is 5.76 Å². The smallest absolute Gasteiger partial charge is 0.434 e. The van der Waals surface area contributed by atoms with Crippen LogP contribution in [0.1, 0.15) is 60.4 Å². The number of rotatable bonds is 6. The summed E-state index contributed by atoms with van der Waals surface area (Å²) in [5.41, 5.74) is 0.439. The molecule has 0 aliphatic carbocycles. The summed E-state index contributed by atoms with van der Waals surface area (Å²) in [6, 6.07) is 4.27. The molecular formula is C23H25ClFN3O6S. The molecule has 0 amide bonds. The van der Waals surface area contributed by atoms with Gasteiger partial charge in [0.2, 0.25) is 15.9 Å². The van der Waals surface area contributed by atoms with Crippen LogP contribution in [0, 0.1) is 19.7 Å². The van der Waals surface area contributed by atoms with Gasteiger partial charge < -0.3 is 14.3 Å². The van der Waals surface area contributed by atoms with Crippen molar-refractivity contribution in [2.75, 3.05) is 6.61 Å². The number of nitrogens with zero attached hydrogens (tertiary/aromatic N) is 1. The zero-order valence-corrected chi connectivity index (χ0v) is 21.1. The Morgan fingerprint density at radius 1 is 1.29 bits per heavy atom. The monoisotopic (exact) mass is 525 g/mol. The second-order valence-corrected chi connectivity index (χ2v) is 11.0. The quantitative estimate of drug-likeness (QED) is 0.447. The van der Waals surface area contributed by atoms with Gasteiger partial charge in [0.05, 0.1) is 17.2 Å². The number of fused-ring (bicyclic) bond motifs is 1. The lowest BCUT2D eigenvalue weighted by Gasteiger charge is -2.33. The molecule has 188 valence electrons. The fourth-order valence-corrected chi connectivity index (χ4v) is 6.15. The van der Waals surface area contributed by atoms with Crippen LogP contribution >= 0.6 is 11.6 Å². The fourth-order valence-electron chi connectivity index (χ4n) is 4.37. The number of aromatic nitrogens is 2. The molecule has 1 aliphatic heterocycles. The van der Waals surface area contributed by atoms with Crippen LogP contribution in [0.3, 0.4) is 0 Å². The summed E-state index contributed by atoms with van der Waals surface area (Å²) in [5.74, 6) is -2.59. The highest BCUT2D eigenvalue weighted by atomic mass is 35.5. The summed E-state index contributed by atoms with van der Waals surface area (Å²) in [6.07, 6.45) is 0.223. The van der Waals surface area contributed by atoms with Crippen LogP contribution in [0.15, 0.2) is 38.4 Å². The maximum atomic E-state index is 14.9. The third-order valence-electron chi connectivity index (χ3n) is 6.42. The van der Waals surface area contributed by atoms with Crippen molar-refractivity contribution < 1.29 is 27.1 Å². The number of H-pyrrole nitrogens is 1. The molecule has 2 heterocycles. The van der Waals surface area contributed by atoms with E-state index in [1.54, 1.807) is 19.9 Å². The highest BCUT2D eigenvalue weighted by Gasteiger charge is 2.39. The fraction of sp³-hybridized carbons (Fsp3) is 0.391. The molecule has 2 aromatic carbocycles. The Morgan fingerprint density at radius 3 is 2.66 bits per heavy atom. The summed E-state index contributed by atoms with van der Waals surface area (Å²) >= 11 is 6.27. The van der Waals surface area contributed by atoms with Gasteiger partial charge in [-0.3, -0.25) is 0 Å². The van der Waals surface area contributed by atoms with Crippen LogP contribution < -0.4 is 15.2 Å². The van der Waals surface area contributed by atoms with E-state index in [9.17, 15) is 22.7 Å². The van der Waals surface area contributed by atoms with Crippen molar-refractivity contribution in [1.29, 1.82) is 0 Å². The number of sulfonamides is 1. The molecule has 0 fully saturated rings. The lowest BCUT2D eigenvalue weighted by atomic mass is 9.88. The molecule has 1 aromatic heterocycles. The van der Waals surface area contributed by atoms with Crippen molar-refractivity contribution in [3.63, 3.8) is 0 Å². The number of aryl methyl sites for hydroxylation is 1. The van der Waals surface area contributed by atoms with E-state index in [1.165, 1.54) is 25.1 Å². The van der Waals surface area contributed by atoms with Crippen molar-refractivity contribution in [2.45, 2.75) is 56.6 Å². The molecule has 0 unspecified atom stereocenters. The number of ether oxygens (including phenoxy) is 1. The lowest BCUT2D eigenvalue weighted by Crippen LogP contribution is -2.35. The van der Waals surface area contributed by atoms with Crippen LogP contribution in [-0.4, -0.2) is 30.3 Å². The van der Waals surface area contributed by atoms with Crippen molar-refractivity contribution in [1.82, 2.24) is 14.9 Å². The number of benzene rings is 2. The minimum absolute atomic E-state index is 0.0740. The summed E-state index contributed by atoms with van der Waals surface area (Å²) < 4.78 is 55.4. The molecule has 0 saturated carbocycles. The molecule has 9 nitrogen and oxygen atoms in total. The van der Waals surface area contributed by atoms with Gasteiger partial charge in [0, 0.05) is 17.9 Å². The van der Waals surface area contributed by atoms with Crippen molar-refractivity contribution in [3.05, 3.63) is 73.8 Å². The van der Waals surface area contributed by atoms with Crippen LogP contribution in [0.4, 0.5) is 4.39 Å². The molecule has 12 heteroatoms. The van der Waals surface area contributed by atoms with E-state index in [2.05, 4.69) is 14.9 Å². The topological polar surface area (TPSA) is 135 Å². The number of aliphatic hydroxyl groups is 1. The van der Waals surface area contributed by atoms with Crippen LogP contribution in [0.25, 0.3) is 0 Å². The van der Waals surface area contributed by atoms with Gasteiger partial charge in [0.1, 0.15) is 22.5 Å². The number of aromatic amines is 1. The van der Waals surface area contributed by atoms with Gasteiger partial charge in [-0.15, -0.1) is 5.10 Å². The Kier molecular flexibility index (Phi) is 6.56. The molecule has 0 saturated heterocycles. The zero-order valence-electron chi connectivity index (χ0n) is 19.5. The highest BCUT2D eigenvalue weighted by Crippen LogP contribution is 2.45. The Balaban J connectivity index is 1.84. The first-order valence-corrected chi connectivity index (χ1v) is 12.7. The van der Waals surface area contributed by atoms with Gasteiger partial charge in [0.25, 0.3) is 0 Å². The van der Waals surface area contributed by atoms with Gasteiger partial charge in [-0.25, -0.2) is 22.7 Å². The Hall–Kier alpha value is -2.73. The van der Waals surface area contributed by atoms with E-state index >= 15 is 0 Å². The van der Waals surface area contributed by atoms with Crippen LogP contribution in [-0.2, 0) is 15.6 Å². The maximum Gasteiger partial charge on any atom is 0.434 e. The Labute approximate surface area is 206 Å². The normalized spacial score (nSPS) is 19.6. The van der Waals surface area contributed by atoms with E-state index in [-0.39, 0.29) is 45.7 Å². The van der Waals surface area contributed by atoms with E-state index in [0.29, 0.717) is 5.56 Å². The predicted molar refractivity (Wildman–Crippen MR) is 126 cm³/mol. The summed E-state index contributed by atoms with van der Waals surface area (Å²) in [7, 11) is -4.38. The Morgan fingerprint density at radius 2 is 2.00 bits per heavy atom. The number of hydrogen-bond donors (Lipinski definition) is 3. The largest absolute Gasteiger partial charge is 0.492 e. The number of nitrogens with one attached hydrogen (secondary N) is 2. The maximum absolute atomic E-state index is 14.9. The molecule has 3 N–H and O–H groups in total. The molecule has 0 bridgehead atoms. The molecule has 4 rings (SSSR count). The average molecular weight is 526 g/mol. The second-order valence-electron chi connectivity index (χ2n) is 8.86. The van der Waals surface area contributed by atoms with E-state index in [0.717, 1.165) is 5.56 Å². The third kappa shape index (κ3) is 4.61. The first-order chi connectivity index (χ1) is 16.3. The minimum Gasteiger partial charge on any atom is -0.492 e. The van der Waals surface area contributed by atoms with E-state index in [1.807, 2.05) is 6.92 Å². The van der Waals surface area contributed by atoms with Crippen molar-refractivity contribution >= 4 is 21.6 Å². The molecule has 3 aromatic rings. The van der Waals surface area contributed by atoms with Crippen molar-refractivity contribution in [2.24, 2.45) is 0 Å². The first kappa shape index (κ1) is 25.4. The molecule has 1 aliphatic rings. The summed E-state index contributed by atoms with van der Waals surface area (Å²) in [4.78, 5) is 11.4. The van der Waals surface area contributed by atoms with Gasteiger partial charge in [-0.2, -0.15) is 4.72 Å². The number of hydrogen-bond acceptors (Lipinski definition) is 7. The predicted octanol–water partition coefficient (Wildman–Crippen LogP) is 3.59. The first-order valence-electron chi connectivity index (χ1n) is 10.8.